The molecule has 3 aromatic rings. The van der Waals surface area contributed by atoms with Gasteiger partial charge in [-0.3, -0.25) is 4.79 Å². The number of carbonyl (C=O) groups is 1. The summed E-state index contributed by atoms with van der Waals surface area (Å²) in [7, 11) is 1.89. The average Bonchev–Trinajstić information content (AvgIpc) is 3.02. The Kier molecular flexibility index (Phi) is 6.47. The van der Waals surface area contributed by atoms with Gasteiger partial charge in [0.2, 0.25) is 5.91 Å². The van der Waals surface area contributed by atoms with E-state index in [2.05, 4.69) is 27.6 Å². The van der Waals surface area contributed by atoms with E-state index in [0.29, 0.717) is 10.8 Å². The van der Waals surface area contributed by atoms with Crippen molar-refractivity contribution in [1.29, 1.82) is 0 Å². The SMILES string of the molecule is Cn1c(CCc2ccccc2)nnc1SCC(=O)Nc1ccc(F)c(Cl)c1. The molecule has 27 heavy (non-hydrogen) atoms. The summed E-state index contributed by atoms with van der Waals surface area (Å²) >= 11 is 7.01. The zero-order chi connectivity index (χ0) is 19.2. The van der Waals surface area contributed by atoms with Crippen LogP contribution < -0.4 is 5.32 Å². The highest BCUT2D eigenvalue weighted by Crippen LogP contribution is 2.21. The lowest BCUT2D eigenvalue weighted by Gasteiger charge is -2.06. The summed E-state index contributed by atoms with van der Waals surface area (Å²) in [5.41, 5.74) is 1.69. The minimum Gasteiger partial charge on any atom is -0.325 e. The van der Waals surface area contributed by atoms with Gasteiger partial charge in [-0.25, -0.2) is 4.39 Å². The third kappa shape index (κ3) is 5.30. The van der Waals surface area contributed by atoms with Crippen molar-refractivity contribution in [1.82, 2.24) is 14.8 Å². The predicted molar refractivity (Wildman–Crippen MR) is 106 cm³/mol. The Morgan fingerprint density at radius 3 is 2.70 bits per heavy atom. The number of aromatic nitrogens is 3. The van der Waals surface area contributed by atoms with Gasteiger partial charge in [0.1, 0.15) is 11.6 Å². The normalized spacial score (nSPS) is 10.8. The van der Waals surface area contributed by atoms with E-state index in [4.69, 9.17) is 11.6 Å². The smallest absolute Gasteiger partial charge is 0.234 e. The molecule has 2 aromatic carbocycles. The number of carbonyl (C=O) groups excluding carboxylic acids is 1. The van der Waals surface area contributed by atoms with Crippen molar-refractivity contribution in [3.63, 3.8) is 0 Å². The van der Waals surface area contributed by atoms with Gasteiger partial charge in [-0.1, -0.05) is 53.7 Å². The lowest BCUT2D eigenvalue weighted by Crippen LogP contribution is -2.14. The van der Waals surface area contributed by atoms with Crippen LogP contribution >= 0.6 is 23.4 Å². The summed E-state index contributed by atoms with van der Waals surface area (Å²) < 4.78 is 15.1. The fourth-order valence-electron chi connectivity index (χ4n) is 2.49. The number of hydrogen-bond donors (Lipinski definition) is 1. The van der Waals surface area contributed by atoms with Gasteiger partial charge < -0.3 is 9.88 Å². The molecule has 0 saturated carbocycles. The zero-order valence-electron chi connectivity index (χ0n) is 14.7. The summed E-state index contributed by atoms with van der Waals surface area (Å²) in [5.74, 6) is 0.286. The molecular weight excluding hydrogens is 387 g/mol. The minimum atomic E-state index is -0.522. The fourth-order valence-corrected chi connectivity index (χ4v) is 3.40. The largest absolute Gasteiger partial charge is 0.325 e. The van der Waals surface area contributed by atoms with Crippen molar-refractivity contribution in [3.8, 4) is 0 Å². The van der Waals surface area contributed by atoms with Crippen molar-refractivity contribution in [2.24, 2.45) is 7.05 Å². The maximum absolute atomic E-state index is 13.2. The maximum Gasteiger partial charge on any atom is 0.234 e. The third-order valence-electron chi connectivity index (χ3n) is 3.94. The van der Waals surface area contributed by atoms with Gasteiger partial charge in [0.25, 0.3) is 0 Å². The number of thioether (sulfide) groups is 1. The van der Waals surface area contributed by atoms with Gasteiger partial charge in [0, 0.05) is 19.2 Å². The van der Waals surface area contributed by atoms with Crippen molar-refractivity contribution >= 4 is 35.0 Å². The third-order valence-corrected chi connectivity index (χ3v) is 5.25. The monoisotopic (exact) mass is 404 g/mol. The highest BCUT2D eigenvalue weighted by atomic mass is 35.5. The van der Waals surface area contributed by atoms with Crippen LogP contribution in [0.3, 0.4) is 0 Å². The average molecular weight is 405 g/mol. The number of nitrogens with one attached hydrogen (secondary N) is 1. The first-order valence-electron chi connectivity index (χ1n) is 8.33. The lowest BCUT2D eigenvalue weighted by molar-refractivity contribution is -0.113. The predicted octanol–water partition coefficient (Wildman–Crippen LogP) is 4.12. The number of rotatable bonds is 7. The summed E-state index contributed by atoms with van der Waals surface area (Å²) in [6, 6.07) is 14.2. The van der Waals surface area contributed by atoms with E-state index in [9.17, 15) is 9.18 Å². The molecule has 0 aliphatic heterocycles. The molecule has 0 fully saturated rings. The molecule has 0 atom stereocenters. The molecule has 1 aromatic heterocycles. The first kappa shape index (κ1) is 19.4. The number of amides is 1. The van der Waals surface area contributed by atoms with Crippen molar-refractivity contribution in [2.75, 3.05) is 11.1 Å². The van der Waals surface area contributed by atoms with Gasteiger partial charge in [-0.2, -0.15) is 0 Å². The van der Waals surface area contributed by atoms with Crippen molar-refractivity contribution in [3.05, 3.63) is 70.8 Å². The van der Waals surface area contributed by atoms with Crippen LogP contribution in [0.15, 0.2) is 53.7 Å². The zero-order valence-corrected chi connectivity index (χ0v) is 16.2. The van der Waals surface area contributed by atoms with Gasteiger partial charge in [-0.05, 0) is 30.2 Å². The first-order valence-corrected chi connectivity index (χ1v) is 9.69. The van der Waals surface area contributed by atoms with Gasteiger partial charge in [0.15, 0.2) is 5.16 Å². The van der Waals surface area contributed by atoms with Crippen LogP contribution in [0, 0.1) is 5.82 Å². The molecular formula is C19H18ClFN4OS. The molecule has 1 amide bonds. The quantitative estimate of drug-likeness (QED) is 0.601. The Morgan fingerprint density at radius 1 is 1.19 bits per heavy atom. The van der Waals surface area contributed by atoms with Crippen LogP contribution in [0.5, 0.6) is 0 Å². The number of anilines is 1. The number of halogens is 2. The Bertz CT molecular complexity index is 933. The maximum atomic E-state index is 13.2. The molecule has 0 saturated heterocycles. The molecule has 3 rings (SSSR count). The topological polar surface area (TPSA) is 59.8 Å². The second-order valence-electron chi connectivity index (χ2n) is 5.91. The van der Waals surface area contributed by atoms with E-state index in [1.165, 1.54) is 35.5 Å². The summed E-state index contributed by atoms with van der Waals surface area (Å²) in [6.45, 7) is 0. The Balaban J connectivity index is 1.52. The van der Waals surface area contributed by atoms with E-state index >= 15 is 0 Å². The molecule has 1 heterocycles. The number of benzene rings is 2. The molecule has 5 nitrogen and oxygen atoms in total. The van der Waals surface area contributed by atoms with Gasteiger partial charge >= 0.3 is 0 Å². The van der Waals surface area contributed by atoms with Crippen LogP contribution in [-0.2, 0) is 24.7 Å². The van der Waals surface area contributed by atoms with Gasteiger partial charge in [-0.15, -0.1) is 10.2 Å². The van der Waals surface area contributed by atoms with Crippen LogP contribution in [-0.4, -0.2) is 26.4 Å². The summed E-state index contributed by atoms with van der Waals surface area (Å²) in [6.07, 6.45) is 1.65. The molecule has 0 aliphatic carbocycles. The highest BCUT2D eigenvalue weighted by molar-refractivity contribution is 7.99. The molecule has 140 valence electrons. The van der Waals surface area contributed by atoms with E-state index in [0.717, 1.165) is 18.7 Å². The molecule has 0 bridgehead atoms. The van der Waals surface area contributed by atoms with Crippen molar-refractivity contribution < 1.29 is 9.18 Å². The Labute approximate surface area is 166 Å². The summed E-state index contributed by atoms with van der Waals surface area (Å²) in [5, 5.41) is 11.7. The van der Waals surface area contributed by atoms with E-state index in [-0.39, 0.29) is 16.7 Å². The summed E-state index contributed by atoms with van der Waals surface area (Å²) in [4.78, 5) is 12.1. The molecule has 8 heteroatoms. The van der Waals surface area contributed by atoms with Crippen LogP contribution in [0.1, 0.15) is 11.4 Å². The number of aryl methyl sites for hydroxylation is 2. The standard InChI is InChI=1S/C19H18ClFN4OS/c1-25-17(10-7-13-5-3-2-4-6-13)23-24-19(25)27-12-18(26)22-14-8-9-16(21)15(20)11-14/h2-6,8-9,11H,7,10,12H2,1H3,(H,22,26). The fraction of sp³-hybridized carbons (Fsp3) is 0.211. The Morgan fingerprint density at radius 2 is 1.96 bits per heavy atom. The lowest BCUT2D eigenvalue weighted by atomic mass is 10.1. The Hall–Kier alpha value is -2.38. The molecule has 0 aliphatic rings. The minimum absolute atomic E-state index is 0.0307. The van der Waals surface area contributed by atoms with Crippen molar-refractivity contribution in [2.45, 2.75) is 18.0 Å². The molecule has 0 spiro atoms. The number of hydrogen-bond acceptors (Lipinski definition) is 4. The molecule has 1 N–H and O–H groups in total. The van der Waals surface area contributed by atoms with E-state index < -0.39 is 5.82 Å². The highest BCUT2D eigenvalue weighted by Gasteiger charge is 2.12. The molecule has 0 unspecified atom stereocenters. The van der Waals surface area contributed by atoms with E-state index in [1.807, 2.05) is 29.8 Å². The number of nitrogens with zero attached hydrogens (tertiary/aromatic N) is 3. The van der Waals surface area contributed by atoms with Crippen LogP contribution in [0.25, 0.3) is 0 Å². The van der Waals surface area contributed by atoms with Crippen LogP contribution in [0.2, 0.25) is 5.02 Å². The van der Waals surface area contributed by atoms with E-state index in [1.54, 1.807) is 0 Å². The second-order valence-corrected chi connectivity index (χ2v) is 7.26. The first-order chi connectivity index (χ1) is 13.0. The van der Waals surface area contributed by atoms with Crippen LogP contribution in [0.4, 0.5) is 10.1 Å². The second kappa shape index (κ2) is 9.01. The molecule has 0 radical (unpaired) electrons. The van der Waals surface area contributed by atoms with Gasteiger partial charge in [0.05, 0.1) is 10.8 Å².